The van der Waals surface area contributed by atoms with E-state index in [1.54, 1.807) is 39.1 Å². The molecular weight excluding hydrogens is 1170 g/mol. The number of ether oxygens (including phenoxy) is 2. The number of halogens is 3. The first-order valence-electron chi connectivity index (χ1n) is 23.8. The Morgan fingerprint density at radius 2 is 1.08 bits per heavy atom. The Bertz CT molecular complexity index is 3560. The maximum Gasteiger partial charge on any atom is 1.00 e. The van der Waals surface area contributed by atoms with Gasteiger partial charge >= 0.3 is 62.9 Å². The predicted octanol–water partition coefficient (Wildman–Crippen LogP) is 10.9. The maximum absolute atomic E-state index is 13.5. The molecule has 0 spiro atoms. The third-order valence-electron chi connectivity index (χ3n) is 11.1. The predicted molar refractivity (Wildman–Crippen MR) is 325 cm³/mol. The van der Waals surface area contributed by atoms with E-state index in [0.29, 0.717) is 11.4 Å². The van der Waals surface area contributed by atoms with Gasteiger partial charge in [-0.25, -0.2) is 18.4 Å². The Morgan fingerprint density at radius 3 is 1.51 bits per heavy atom. The van der Waals surface area contributed by atoms with Gasteiger partial charge in [0.05, 0.1) is 29.3 Å². The summed E-state index contributed by atoms with van der Waals surface area (Å²) < 4.78 is 42.4. The van der Waals surface area contributed by atoms with E-state index in [1.165, 1.54) is 68.9 Å². The molecule has 21 heteroatoms. The number of carbonyl (C=O) groups excluding carboxylic acids is 2. The molecular formula is C57H55ClF2KN5O5S7. The Balaban J connectivity index is 0.000000245. The third-order valence-corrected chi connectivity index (χ3v) is 13.4. The molecule has 78 heavy (non-hydrogen) atoms. The van der Waals surface area contributed by atoms with Crippen molar-refractivity contribution in [2.45, 2.75) is 85.7 Å². The summed E-state index contributed by atoms with van der Waals surface area (Å²) in [6.45, 7) is 14.7. The second-order valence-electron chi connectivity index (χ2n) is 18.5. The van der Waals surface area contributed by atoms with E-state index in [2.05, 4.69) is 121 Å². The van der Waals surface area contributed by atoms with Crippen LogP contribution in [0.2, 0.25) is 0 Å². The molecule has 0 radical (unpaired) electrons. The number of hydrogen-bond acceptors (Lipinski definition) is 11. The zero-order valence-corrected chi connectivity index (χ0v) is 53.7. The largest absolute Gasteiger partial charge is 1.00 e. The van der Waals surface area contributed by atoms with E-state index in [4.69, 9.17) is 16.3 Å². The van der Waals surface area contributed by atoms with Crippen LogP contribution in [0.3, 0.4) is 0 Å². The van der Waals surface area contributed by atoms with Crippen LogP contribution in [0.4, 0.5) is 18.4 Å². The van der Waals surface area contributed by atoms with Crippen molar-refractivity contribution in [1.29, 1.82) is 0 Å². The van der Waals surface area contributed by atoms with Gasteiger partial charge in [-0.15, -0.1) is 5.60 Å². The van der Waals surface area contributed by atoms with Gasteiger partial charge in [-0.2, -0.15) is 9.78 Å². The Kier molecular flexibility index (Phi) is 27.9. The molecule has 10 rings (SSSR count). The number of benzene rings is 6. The van der Waals surface area contributed by atoms with Crippen molar-refractivity contribution in [3.63, 3.8) is 0 Å². The number of rotatable bonds is 8. The van der Waals surface area contributed by atoms with Crippen LogP contribution in [0.15, 0.2) is 157 Å². The fraction of sp³-hybridized carbons (Fsp3) is 0.228. The van der Waals surface area contributed by atoms with E-state index in [1.807, 2.05) is 91.1 Å². The zero-order valence-electron chi connectivity index (χ0n) is 44.1. The van der Waals surface area contributed by atoms with E-state index < -0.39 is 17.1 Å². The van der Waals surface area contributed by atoms with Crippen molar-refractivity contribution in [2.75, 3.05) is 0 Å². The standard InChI is InChI=1S/C26H22FN3O2.C19H17FN2.C8H7ClO2.C4H9O.K.S4.S3/c1-17(2)23-12-19-13-25-20(14-24(19)29(23)22-10-8-21(27)9-11-22)15-28-30(25)26(31)32-16-18-6-4-3-5-7-18;1-12(2)18-8-13-7-14-10-21-11-15(14)9-19(13)22(18)17-5-3-16(20)4-6-17;9-8(10)11-6-7-4-2-1-3-5-7;1-4(2,3)5;;1-3-4-2;1-3-2/h3-15,17H,16H2,1-2H3;3-9,11-12H,10H2,1-2H3;1-5H,6H2;1-3H3;;;/q;;;-1;+1;;. The van der Waals surface area contributed by atoms with Crippen molar-refractivity contribution in [2.24, 2.45) is 4.99 Å². The summed E-state index contributed by atoms with van der Waals surface area (Å²) >= 11 is 21.9. The maximum atomic E-state index is 13.5. The molecule has 3 aromatic heterocycles. The van der Waals surface area contributed by atoms with Gasteiger partial charge in [-0.1, -0.05) is 109 Å². The van der Waals surface area contributed by atoms with E-state index in [-0.39, 0.29) is 82.2 Å². The number of aliphatic imine (C=N–C) groups is 1. The second-order valence-corrected chi connectivity index (χ2v) is 24.2. The zero-order chi connectivity index (χ0) is 56.2. The van der Waals surface area contributed by atoms with Crippen LogP contribution in [0.25, 0.3) is 44.1 Å². The number of hydrogen-bond donors (Lipinski definition) is 0. The molecule has 0 aliphatic carbocycles. The van der Waals surface area contributed by atoms with Crippen LogP contribution in [0.5, 0.6) is 0 Å². The average Bonchev–Trinajstić information content (AvgIpc) is 4.26. The van der Waals surface area contributed by atoms with Crippen molar-refractivity contribution in [3.8, 4) is 11.4 Å². The van der Waals surface area contributed by atoms with Gasteiger partial charge in [-0.05, 0) is 119 Å². The normalized spacial score (nSPS) is 10.9. The van der Waals surface area contributed by atoms with Gasteiger partial charge in [0, 0.05) is 128 Å². The molecule has 0 saturated carbocycles. The molecule has 10 nitrogen and oxygen atoms in total. The van der Waals surface area contributed by atoms with Crippen LogP contribution in [0, 0.1) is 11.6 Å². The van der Waals surface area contributed by atoms with E-state index in [9.17, 15) is 23.5 Å². The van der Waals surface area contributed by atoms with Gasteiger partial charge in [0.2, 0.25) is 0 Å². The summed E-state index contributed by atoms with van der Waals surface area (Å²) in [7, 11) is 3.26. The summed E-state index contributed by atoms with van der Waals surface area (Å²) in [5.41, 5.74) is 9.83. The van der Waals surface area contributed by atoms with Crippen LogP contribution in [-0.2, 0) is 101 Å². The first-order chi connectivity index (χ1) is 36.8. The molecule has 0 N–H and O–H groups in total. The van der Waals surface area contributed by atoms with Gasteiger partial charge in [0.25, 0.3) is 0 Å². The van der Waals surface area contributed by atoms with Gasteiger partial charge in [0.1, 0.15) is 24.8 Å². The van der Waals surface area contributed by atoms with Crippen LogP contribution in [-0.4, -0.2) is 42.3 Å². The van der Waals surface area contributed by atoms with Crippen molar-refractivity contribution in [3.05, 3.63) is 197 Å². The number of fused-ring (bicyclic) bond motifs is 4. The van der Waals surface area contributed by atoms with Crippen LogP contribution >= 0.6 is 11.6 Å². The molecule has 0 saturated heterocycles. The summed E-state index contributed by atoms with van der Waals surface area (Å²) in [5.74, 6) is 0.164. The van der Waals surface area contributed by atoms with E-state index in [0.717, 1.165) is 65.4 Å². The smallest absolute Gasteiger partial charge is 0.850 e. The van der Waals surface area contributed by atoms with E-state index >= 15 is 0 Å². The average molecular weight is 1230 g/mol. The fourth-order valence-corrected chi connectivity index (χ4v) is 7.89. The first-order valence-corrected chi connectivity index (χ1v) is 30.8. The molecule has 1 aliphatic heterocycles. The summed E-state index contributed by atoms with van der Waals surface area (Å²) in [6.07, 6.45) is 3.08. The fourth-order valence-electron chi connectivity index (χ4n) is 7.84. The summed E-state index contributed by atoms with van der Waals surface area (Å²) in [5, 5.41) is 17.4. The molecule has 0 fully saturated rings. The topological polar surface area (TPSA) is 116 Å². The Morgan fingerprint density at radius 1 is 0.654 bits per heavy atom. The second kappa shape index (κ2) is 32.9. The molecule has 1 aliphatic rings. The summed E-state index contributed by atoms with van der Waals surface area (Å²) in [6, 6.07) is 44.8. The Hall–Kier alpha value is -4.23. The molecule has 6 aromatic carbocycles. The Labute approximate surface area is 529 Å². The third kappa shape index (κ3) is 20.1. The number of carbonyl (C=O) groups is 2. The van der Waals surface area contributed by atoms with Crippen molar-refractivity contribution in [1.82, 2.24) is 18.9 Å². The molecule has 402 valence electrons. The van der Waals surface area contributed by atoms with Gasteiger partial charge in [-0.3, -0.25) is 4.99 Å². The van der Waals surface area contributed by atoms with Gasteiger partial charge < -0.3 is 23.7 Å². The van der Waals surface area contributed by atoms with Crippen molar-refractivity contribution < 1.29 is 84.3 Å². The minimum absolute atomic E-state index is 0. The SMILES string of the molecule is CC(C)(C)[O-].CC(C)c1cc2cc3c(cc2n1-c1ccc(F)cc1)C=NC3.CC(C)c1cc2cc3c(cnn3C(=O)OCc3ccccc3)cc2n1-c1ccc(F)cc1.O=C(Cl)OCc1ccccc1.S=S=S.S=S=S=S.[K+]. The molecule has 4 heterocycles. The minimum Gasteiger partial charge on any atom is -0.850 e. The molecule has 0 unspecified atom stereocenters. The number of aromatic nitrogens is 4. The number of nitrogens with zero attached hydrogens (tertiary/aromatic N) is 5. The minimum atomic E-state index is -0.770. The molecule has 0 bridgehead atoms. The summed E-state index contributed by atoms with van der Waals surface area (Å²) in [4.78, 5) is 27.2. The molecule has 0 amide bonds. The molecule has 9 aromatic rings. The molecule has 0 atom stereocenters. The monoisotopic (exact) mass is 1230 g/mol. The van der Waals surface area contributed by atoms with Crippen LogP contribution in [0.1, 0.15) is 93.9 Å². The van der Waals surface area contributed by atoms with Crippen LogP contribution < -0.4 is 56.5 Å². The van der Waals surface area contributed by atoms with Gasteiger partial charge in [0.15, 0.2) is 0 Å². The quantitative estimate of drug-likeness (QED) is 0.108. The van der Waals surface area contributed by atoms with Crippen molar-refractivity contribution >= 4 is 133 Å². The first kappa shape index (κ1) is 66.3.